The minimum atomic E-state index is -0.964. The zero-order valence-corrected chi connectivity index (χ0v) is 32.2. The second-order valence-corrected chi connectivity index (χ2v) is 16.9. The van der Waals surface area contributed by atoms with E-state index in [1.54, 1.807) is 6.07 Å². The van der Waals surface area contributed by atoms with E-state index in [1.807, 2.05) is 41.3 Å². The number of fused-ring (bicyclic) bond motifs is 2. The van der Waals surface area contributed by atoms with Crippen LogP contribution in [0.1, 0.15) is 94.1 Å². The first-order valence-electron chi connectivity index (χ1n) is 19.7. The Balaban J connectivity index is 0.767. The van der Waals surface area contributed by atoms with Crippen molar-refractivity contribution in [2.24, 2.45) is 5.41 Å². The number of hydrogen-bond acceptors (Lipinski definition) is 8. The van der Waals surface area contributed by atoms with E-state index in [1.165, 1.54) is 0 Å². The van der Waals surface area contributed by atoms with E-state index in [2.05, 4.69) is 43.9 Å². The molecular formula is C43H44ClN7O5. The Bertz CT molecular complexity index is 2160. The van der Waals surface area contributed by atoms with Crippen molar-refractivity contribution in [1.29, 1.82) is 0 Å². The topological polar surface area (TPSA) is 118 Å². The van der Waals surface area contributed by atoms with Gasteiger partial charge < -0.3 is 14.7 Å². The number of anilines is 2. The number of benzene rings is 3. The number of halogens is 1. The van der Waals surface area contributed by atoms with Gasteiger partial charge in [-0.05, 0) is 111 Å². The Hall–Kier alpha value is -5.25. The Morgan fingerprint density at radius 3 is 2.11 bits per heavy atom. The van der Waals surface area contributed by atoms with Crippen molar-refractivity contribution in [3.8, 4) is 0 Å². The fourth-order valence-corrected chi connectivity index (χ4v) is 10.3. The van der Waals surface area contributed by atoms with Gasteiger partial charge in [0.15, 0.2) is 0 Å². The van der Waals surface area contributed by atoms with E-state index in [-0.39, 0.29) is 30.1 Å². The minimum absolute atomic E-state index is 0.0844. The molecular weight excluding hydrogens is 730 g/mol. The van der Waals surface area contributed by atoms with Crippen LogP contribution in [-0.4, -0.2) is 95.1 Å². The highest BCUT2D eigenvalue weighted by Crippen LogP contribution is 2.46. The molecule has 4 saturated heterocycles. The molecule has 5 amide bonds. The fraction of sp³-hybridized carbons (Fsp3) is 0.442. The van der Waals surface area contributed by atoms with E-state index < -0.39 is 23.8 Å². The molecule has 6 aliphatic heterocycles. The van der Waals surface area contributed by atoms with Crippen molar-refractivity contribution in [2.75, 3.05) is 42.5 Å². The van der Waals surface area contributed by atoms with Crippen LogP contribution in [0.5, 0.6) is 0 Å². The van der Waals surface area contributed by atoms with Crippen LogP contribution >= 0.6 is 11.6 Å². The first kappa shape index (κ1) is 36.4. The highest BCUT2D eigenvalue weighted by Gasteiger charge is 2.47. The first-order chi connectivity index (χ1) is 27.0. The standard InChI is InChI=1S/C43H44ClN7O5/c1-26-22-43(25-50(26)32-7-8-36(45-2)35(44)21-32)13-17-48(18-14-43)40(54)27-3-5-30(6-4-27)47-15-11-31(12-16-47)49-23-28-19-33-34(20-29(28)24-49)42(56)51(41(33)55)37-9-10-38(52)46-39(37)53/h3-8,19-21,26,31,37H,9-18,22-25H2,1H3,(H,46,52,53). The van der Waals surface area contributed by atoms with Gasteiger partial charge in [0, 0.05) is 86.3 Å². The molecule has 9 rings (SSSR count). The number of piperidine rings is 3. The monoisotopic (exact) mass is 773 g/mol. The molecule has 56 heavy (non-hydrogen) atoms. The van der Waals surface area contributed by atoms with Crippen LogP contribution in [0.2, 0.25) is 5.02 Å². The molecule has 0 saturated carbocycles. The van der Waals surface area contributed by atoms with Gasteiger partial charge in [-0.3, -0.25) is 39.1 Å². The first-order valence-corrected chi connectivity index (χ1v) is 20.1. The van der Waals surface area contributed by atoms with Gasteiger partial charge in [0.1, 0.15) is 6.04 Å². The summed E-state index contributed by atoms with van der Waals surface area (Å²) in [5, 5.41) is 2.74. The molecule has 1 N–H and O–H groups in total. The Labute approximate surface area is 331 Å². The van der Waals surface area contributed by atoms with Crippen molar-refractivity contribution in [3.05, 3.63) is 98.9 Å². The maximum absolute atomic E-state index is 13.6. The molecule has 2 atom stereocenters. The van der Waals surface area contributed by atoms with Crippen LogP contribution in [-0.2, 0) is 22.7 Å². The summed E-state index contributed by atoms with van der Waals surface area (Å²) in [6.45, 7) is 15.1. The number of rotatable bonds is 5. The fourth-order valence-electron chi connectivity index (χ4n) is 10.1. The van der Waals surface area contributed by atoms with Crippen LogP contribution in [0.25, 0.3) is 4.85 Å². The molecule has 6 aliphatic rings. The van der Waals surface area contributed by atoms with E-state index in [9.17, 15) is 24.0 Å². The van der Waals surface area contributed by atoms with E-state index >= 15 is 0 Å². The van der Waals surface area contributed by atoms with Crippen LogP contribution < -0.4 is 15.1 Å². The Kier molecular flexibility index (Phi) is 9.13. The van der Waals surface area contributed by atoms with Crippen LogP contribution in [0.4, 0.5) is 17.1 Å². The van der Waals surface area contributed by atoms with Crippen LogP contribution in [0.15, 0.2) is 54.6 Å². The third-order valence-electron chi connectivity index (χ3n) is 13.2. The molecule has 0 bridgehead atoms. The van der Waals surface area contributed by atoms with Crippen molar-refractivity contribution in [2.45, 2.75) is 83.1 Å². The second-order valence-electron chi connectivity index (χ2n) is 16.5. The van der Waals surface area contributed by atoms with Gasteiger partial charge in [-0.1, -0.05) is 17.7 Å². The lowest BCUT2D eigenvalue weighted by atomic mass is 9.76. The lowest BCUT2D eigenvalue weighted by Crippen LogP contribution is -2.54. The molecule has 12 nitrogen and oxygen atoms in total. The zero-order valence-electron chi connectivity index (χ0n) is 31.4. The largest absolute Gasteiger partial charge is 0.371 e. The van der Waals surface area contributed by atoms with Crippen LogP contribution in [0.3, 0.4) is 0 Å². The number of carbonyl (C=O) groups excluding carboxylic acids is 5. The third kappa shape index (κ3) is 6.31. The number of carbonyl (C=O) groups is 5. The lowest BCUT2D eigenvalue weighted by molar-refractivity contribution is -0.136. The molecule has 2 unspecified atom stereocenters. The number of imide groups is 2. The average Bonchev–Trinajstić information content (AvgIpc) is 3.84. The van der Waals surface area contributed by atoms with E-state index in [4.69, 9.17) is 18.2 Å². The minimum Gasteiger partial charge on any atom is -0.371 e. The van der Waals surface area contributed by atoms with Crippen molar-refractivity contribution < 1.29 is 24.0 Å². The molecule has 1 spiro atoms. The van der Waals surface area contributed by atoms with Gasteiger partial charge >= 0.3 is 0 Å². The summed E-state index contributed by atoms with van der Waals surface area (Å²) in [5.74, 6) is -1.84. The number of likely N-dealkylation sites (tertiary alicyclic amines) is 1. The van der Waals surface area contributed by atoms with Gasteiger partial charge in [-0.15, -0.1) is 0 Å². The molecule has 288 valence electrons. The smallest absolute Gasteiger partial charge is 0.262 e. The molecule has 13 heteroatoms. The third-order valence-corrected chi connectivity index (χ3v) is 13.5. The summed E-state index contributed by atoms with van der Waals surface area (Å²) in [5.41, 5.74) is 6.27. The van der Waals surface area contributed by atoms with Gasteiger partial charge in [-0.25, -0.2) is 4.85 Å². The highest BCUT2D eigenvalue weighted by molar-refractivity contribution is 6.33. The number of amides is 5. The molecule has 4 fully saturated rings. The molecule has 6 heterocycles. The van der Waals surface area contributed by atoms with Crippen molar-refractivity contribution in [1.82, 2.24) is 20.0 Å². The van der Waals surface area contributed by atoms with Gasteiger partial charge in [0.2, 0.25) is 17.5 Å². The Morgan fingerprint density at radius 2 is 1.50 bits per heavy atom. The predicted octanol–water partition coefficient (Wildman–Crippen LogP) is 5.80. The van der Waals surface area contributed by atoms with E-state index in [0.717, 1.165) is 97.8 Å². The highest BCUT2D eigenvalue weighted by atomic mass is 35.5. The number of hydrogen-bond donors (Lipinski definition) is 1. The summed E-state index contributed by atoms with van der Waals surface area (Å²) >= 11 is 6.37. The summed E-state index contributed by atoms with van der Waals surface area (Å²) in [6, 6.07) is 17.2. The quantitative estimate of drug-likeness (QED) is 0.256. The van der Waals surface area contributed by atoms with Gasteiger partial charge in [0.05, 0.1) is 17.7 Å². The van der Waals surface area contributed by atoms with Crippen molar-refractivity contribution >= 4 is 58.2 Å². The lowest BCUT2D eigenvalue weighted by Gasteiger charge is -2.39. The van der Waals surface area contributed by atoms with Gasteiger partial charge in [0.25, 0.3) is 17.7 Å². The summed E-state index contributed by atoms with van der Waals surface area (Å²) < 4.78 is 0. The molecule has 0 radical (unpaired) electrons. The summed E-state index contributed by atoms with van der Waals surface area (Å²) in [7, 11) is 0. The molecule has 3 aromatic rings. The molecule has 0 aromatic heterocycles. The SMILES string of the molecule is [C-]#[N+]c1ccc(N2CC3(CCN(C(=O)c4ccc(N5CCC(N6Cc7cc8c(cc7C6)C(=O)N(C6CCC(=O)NC6=O)C8=O)CC5)cc4)CC3)CC2C)cc1Cl. The molecule has 0 aliphatic carbocycles. The number of nitrogens with zero attached hydrogens (tertiary/aromatic N) is 6. The molecule has 3 aromatic carbocycles. The number of nitrogens with one attached hydrogen (secondary N) is 1. The Morgan fingerprint density at radius 1 is 0.857 bits per heavy atom. The normalized spacial score (nSPS) is 23.8. The maximum atomic E-state index is 13.6. The summed E-state index contributed by atoms with van der Waals surface area (Å²) in [4.78, 5) is 78.2. The average molecular weight is 774 g/mol. The van der Waals surface area contributed by atoms with Crippen molar-refractivity contribution in [3.63, 3.8) is 0 Å². The predicted molar refractivity (Wildman–Crippen MR) is 211 cm³/mol. The zero-order chi connectivity index (χ0) is 38.9. The summed E-state index contributed by atoms with van der Waals surface area (Å²) in [6.07, 6.45) is 5.18. The second kappa shape index (κ2) is 14.0. The van der Waals surface area contributed by atoms with Crippen LogP contribution in [0, 0.1) is 12.0 Å². The van der Waals surface area contributed by atoms with Gasteiger partial charge in [-0.2, -0.15) is 0 Å². The van der Waals surface area contributed by atoms with E-state index in [0.29, 0.717) is 47.0 Å². The maximum Gasteiger partial charge on any atom is 0.262 e.